The summed E-state index contributed by atoms with van der Waals surface area (Å²) < 4.78 is 1.97. The van der Waals surface area contributed by atoms with Crippen LogP contribution in [0.4, 0.5) is 0 Å². The number of nitrogens with zero attached hydrogens (tertiary/aromatic N) is 4. The lowest BCUT2D eigenvalue weighted by molar-refractivity contribution is -0.137. The van der Waals surface area contributed by atoms with Crippen LogP contribution in [0.5, 0.6) is 0 Å². The number of likely N-dealkylation sites (tertiary alicyclic amines) is 1. The molecule has 0 spiro atoms. The molecule has 2 heterocycles. The maximum atomic E-state index is 13.4. The third-order valence-electron chi connectivity index (χ3n) is 6.23. The van der Waals surface area contributed by atoms with Crippen molar-refractivity contribution in [1.29, 1.82) is 0 Å². The van der Waals surface area contributed by atoms with Crippen LogP contribution in [0, 0.1) is 5.92 Å². The fraction of sp³-hybridized carbons (Fsp3) is 0.565. The van der Waals surface area contributed by atoms with Crippen LogP contribution in [0.25, 0.3) is 5.69 Å². The van der Waals surface area contributed by atoms with E-state index in [1.807, 2.05) is 35.1 Å². The molecule has 1 aliphatic heterocycles. The summed E-state index contributed by atoms with van der Waals surface area (Å²) in [4.78, 5) is 18.0. The van der Waals surface area contributed by atoms with Gasteiger partial charge in [0.15, 0.2) is 0 Å². The molecule has 1 amide bonds. The lowest BCUT2D eigenvalue weighted by atomic mass is 9.88. The highest BCUT2D eigenvalue weighted by molar-refractivity contribution is 5.79. The number of rotatable bonds is 7. The van der Waals surface area contributed by atoms with Gasteiger partial charge in [-0.2, -0.15) is 5.10 Å². The zero-order valence-electron chi connectivity index (χ0n) is 16.8. The fourth-order valence-corrected chi connectivity index (χ4v) is 4.59. The van der Waals surface area contributed by atoms with Gasteiger partial charge in [0.05, 0.1) is 17.9 Å². The van der Waals surface area contributed by atoms with Crippen molar-refractivity contribution in [2.75, 3.05) is 26.2 Å². The first kappa shape index (κ1) is 19.2. The topological polar surface area (TPSA) is 41.4 Å². The molecule has 2 fully saturated rings. The molecule has 0 bridgehead atoms. The van der Waals surface area contributed by atoms with Crippen molar-refractivity contribution in [3.05, 3.63) is 48.3 Å². The fourth-order valence-electron chi connectivity index (χ4n) is 4.59. The summed E-state index contributed by atoms with van der Waals surface area (Å²) in [6.07, 6.45) is 10.2. The third kappa shape index (κ3) is 4.64. The Labute approximate surface area is 168 Å². The highest BCUT2D eigenvalue weighted by Gasteiger charge is 2.27. The number of carbonyl (C=O) groups excluding carboxylic acids is 1. The van der Waals surface area contributed by atoms with E-state index in [1.54, 1.807) is 0 Å². The Kier molecular flexibility index (Phi) is 6.42. The second-order valence-electron chi connectivity index (χ2n) is 8.21. The highest BCUT2D eigenvalue weighted by Crippen LogP contribution is 2.26. The van der Waals surface area contributed by atoms with Crippen molar-refractivity contribution in [1.82, 2.24) is 19.6 Å². The number of amides is 1. The molecule has 1 saturated carbocycles. The molecule has 28 heavy (non-hydrogen) atoms. The summed E-state index contributed by atoms with van der Waals surface area (Å²) in [5.41, 5.74) is 2.13. The van der Waals surface area contributed by atoms with Crippen molar-refractivity contribution in [3.63, 3.8) is 0 Å². The number of para-hydroxylation sites is 1. The Bertz CT molecular complexity index is 745. The second-order valence-corrected chi connectivity index (χ2v) is 8.21. The summed E-state index contributed by atoms with van der Waals surface area (Å²) in [5.74, 6) is 0.556. The Morgan fingerprint density at radius 3 is 2.50 bits per heavy atom. The van der Waals surface area contributed by atoms with E-state index in [2.05, 4.69) is 27.0 Å². The first-order valence-corrected chi connectivity index (χ1v) is 10.9. The Morgan fingerprint density at radius 2 is 1.75 bits per heavy atom. The minimum Gasteiger partial charge on any atom is -0.335 e. The molecule has 1 aromatic carbocycles. The maximum absolute atomic E-state index is 13.4. The van der Waals surface area contributed by atoms with Gasteiger partial charge in [-0.25, -0.2) is 4.68 Å². The minimum absolute atomic E-state index is 0.209. The van der Waals surface area contributed by atoms with Crippen molar-refractivity contribution in [2.45, 2.75) is 51.5 Å². The molecule has 2 aliphatic rings. The lowest BCUT2D eigenvalue weighted by Gasteiger charge is -2.31. The summed E-state index contributed by atoms with van der Waals surface area (Å²) in [6.45, 7) is 4.78. The monoisotopic (exact) mass is 380 g/mol. The van der Waals surface area contributed by atoms with E-state index in [0.29, 0.717) is 12.5 Å². The highest BCUT2D eigenvalue weighted by atomic mass is 16.2. The van der Waals surface area contributed by atoms with Crippen LogP contribution in [0.15, 0.2) is 42.6 Å². The van der Waals surface area contributed by atoms with Crippen molar-refractivity contribution >= 4 is 5.91 Å². The van der Waals surface area contributed by atoms with Crippen molar-refractivity contribution in [2.24, 2.45) is 5.92 Å². The van der Waals surface area contributed by atoms with E-state index in [9.17, 15) is 4.79 Å². The number of benzene rings is 1. The molecule has 5 heteroatoms. The molecule has 5 nitrogen and oxygen atoms in total. The number of carbonyl (C=O) groups is 1. The smallest absolute Gasteiger partial charge is 0.226 e. The molecule has 2 aromatic rings. The van der Waals surface area contributed by atoms with Crippen LogP contribution in [0.2, 0.25) is 0 Å². The summed E-state index contributed by atoms with van der Waals surface area (Å²) in [5, 5.41) is 4.52. The molecule has 0 unspecified atom stereocenters. The standard InChI is InChI=1S/C23H32N4O/c28-23(20-9-3-1-4-10-20)26(18-17-25-15-7-8-16-25)19-22-13-14-24-27(22)21-11-5-2-6-12-21/h2,5-6,11-14,20H,1,3-4,7-10,15-19H2. The average molecular weight is 381 g/mol. The number of hydrogen-bond acceptors (Lipinski definition) is 3. The zero-order chi connectivity index (χ0) is 19.2. The van der Waals surface area contributed by atoms with Crippen LogP contribution >= 0.6 is 0 Å². The van der Waals surface area contributed by atoms with E-state index < -0.39 is 0 Å². The van der Waals surface area contributed by atoms with E-state index in [4.69, 9.17) is 0 Å². The van der Waals surface area contributed by atoms with Gasteiger partial charge in [0.2, 0.25) is 5.91 Å². The first-order valence-electron chi connectivity index (χ1n) is 10.9. The average Bonchev–Trinajstić information content (AvgIpc) is 3.44. The van der Waals surface area contributed by atoms with Crippen LogP contribution in [0.1, 0.15) is 50.6 Å². The first-order chi connectivity index (χ1) is 13.8. The van der Waals surface area contributed by atoms with E-state index in [1.165, 1.54) is 45.2 Å². The van der Waals surface area contributed by atoms with Crippen LogP contribution < -0.4 is 0 Å². The Morgan fingerprint density at radius 1 is 1.00 bits per heavy atom. The Balaban J connectivity index is 1.50. The van der Waals surface area contributed by atoms with Gasteiger partial charge in [0.25, 0.3) is 0 Å². The maximum Gasteiger partial charge on any atom is 0.226 e. The molecule has 0 radical (unpaired) electrons. The molecule has 1 saturated heterocycles. The third-order valence-corrected chi connectivity index (χ3v) is 6.23. The molecule has 0 atom stereocenters. The van der Waals surface area contributed by atoms with Gasteiger partial charge >= 0.3 is 0 Å². The SMILES string of the molecule is O=C(C1CCCCC1)N(CCN1CCCC1)Cc1ccnn1-c1ccccc1. The summed E-state index contributed by atoms with van der Waals surface area (Å²) >= 11 is 0. The van der Waals surface area contributed by atoms with Gasteiger partial charge in [-0.3, -0.25) is 4.79 Å². The van der Waals surface area contributed by atoms with Gasteiger partial charge in [-0.15, -0.1) is 0 Å². The van der Waals surface area contributed by atoms with Crippen molar-refractivity contribution < 1.29 is 4.79 Å². The van der Waals surface area contributed by atoms with Gasteiger partial charge < -0.3 is 9.80 Å². The van der Waals surface area contributed by atoms with Crippen LogP contribution in [-0.4, -0.2) is 51.7 Å². The van der Waals surface area contributed by atoms with E-state index in [-0.39, 0.29) is 5.92 Å². The van der Waals surface area contributed by atoms with Gasteiger partial charge in [-0.1, -0.05) is 37.5 Å². The largest absolute Gasteiger partial charge is 0.335 e. The normalized spacial score (nSPS) is 18.4. The quantitative estimate of drug-likeness (QED) is 0.732. The van der Waals surface area contributed by atoms with E-state index >= 15 is 0 Å². The summed E-state index contributed by atoms with van der Waals surface area (Å²) in [6, 6.07) is 12.2. The van der Waals surface area contributed by atoms with Crippen molar-refractivity contribution in [3.8, 4) is 5.69 Å². The summed E-state index contributed by atoms with van der Waals surface area (Å²) in [7, 11) is 0. The van der Waals surface area contributed by atoms with Gasteiger partial charge in [0.1, 0.15) is 0 Å². The zero-order valence-corrected chi connectivity index (χ0v) is 16.8. The number of hydrogen-bond donors (Lipinski definition) is 0. The Hall–Kier alpha value is -2.14. The molecule has 1 aliphatic carbocycles. The predicted octanol–water partition coefficient (Wildman–Crippen LogP) is 3.88. The lowest BCUT2D eigenvalue weighted by Crippen LogP contribution is -2.41. The number of aromatic nitrogens is 2. The predicted molar refractivity (Wildman–Crippen MR) is 111 cm³/mol. The molecule has 150 valence electrons. The molecule has 0 N–H and O–H groups in total. The van der Waals surface area contributed by atoms with Crippen LogP contribution in [0.3, 0.4) is 0 Å². The van der Waals surface area contributed by atoms with Gasteiger partial charge in [0, 0.05) is 25.2 Å². The minimum atomic E-state index is 0.209. The van der Waals surface area contributed by atoms with Crippen LogP contribution in [-0.2, 0) is 11.3 Å². The van der Waals surface area contributed by atoms with E-state index in [0.717, 1.165) is 37.3 Å². The molecular formula is C23H32N4O. The second kappa shape index (κ2) is 9.37. The molecular weight excluding hydrogens is 348 g/mol. The molecule has 4 rings (SSSR count). The van der Waals surface area contributed by atoms with Gasteiger partial charge in [-0.05, 0) is 57.0 Å². The molecule has 1 aromatic heterocycles.